The predicted octanol–water partition coefficient (Wildman–Crippen LogP) is 2.41. The first-order valence-corrected chi connectivity index (χ1v) is 6.84. The Balaban J connectivity index is 2.16. The van der Waals surface area contributed by atoms with Crippen molar-refractivity contribution < 1.29 is 14.6 Å². The standard InChI is InChI=1S/C15H19NO3/c1-9-8-10-5-6-11-12(15(17)18)4-3-7-16(2)13(11)14(10)19-9/h5-6,9,12H,3-4,7-8H2,1-2H3,(H,17,18). The quantitative estimate of drug-likeness (QED) is 0.843. The van der Waals surface area contributed by atoms with E-state index in [0.717, 1.165) is 36.4 Å². The van der Waals surface area contributed by atoms with Crippen LogP contribution in [0.4, 0.5) is 5.69 Å². The second-order valence-electron chi connectivity index (χ2n) is 5.58. The Labute approximate surface area is 113 Å². The first-order valence-electron chi connectivity index (χ1n) is 6.84. The molecule has 2 aliphatic rings. The van der Waals surface area contributed by atoms with Gasteiger partial charge in [-0.1, -0.05) is 12.1 Å². The Morgan fingerprint density at radius 3 is 3.00 bits per heavy atom. The molecule has 0 radical (unpaired) electrons. The second-order valence-corrected chi connectivity index (χ2v) is 5.58. The third kappa shape index (κ3) is 1.95. The number of carboxylic acid groups (broad SMARTS) is 1. The van der Waals surface area contributed by atoms with Gasteiger partial charge in [0.2, 0.25) is 0 Å². The SMILES string of the molecule is CC1Cc2ccc3c(c2O1)N(C)CCCC3C(=O)O. The Morgan fingerprint density at radius 1 is 1.47 bits per heavy atom. The number of ether oxygens (including phenoxy) is 1. The van der Waals surface area contributed by atoms with Crippen molar-refractivity contribution in [2.75, 3.05) is 18.5 Å². The molecular formula is C15H19NO3. The molecule has 0 saturated heterocycles. The van der Waals surface area contributed by atoms with Gasteiger partial charge >= 0.3 is 5.97 Å². The number of anilines is 1. The van der Waals surface area contributed by atoms with Crippen LogP contribution >= 0.6 is 0 Å². The Morgan fingerprint density at radius 2 is 2.26 bits per heavy atom. The lowest BCUT2D eigenvalue weighted by molar-refractivity contribution is -0.138. The van der Waals surface area contributed by atoms with E-state index >= 15 is 0 Å². The molecule has 0 aromatic heterocycles. The molecule has 0 fully saturated rings. The minimum Gasteiger partial charge on any atom is -0.488 e. The van der Waals surface area contributed by atoms with Gasteiger partial charge in [0.05, 0.1) is 11.6 Å². The fraction of sp³-hybridized carbons (Fsp3) is 0.533. The highest BCUT2D eigenvalue weighted by atomic mass is 16.5. The molecule has 102 valence electrons. The number of nitrogens with zero attached hydrogens (tertiary/aromatic N) is 1. The Hall–Kier alpha value is -1.71. The first kappa shape index (κ1) is 12.3. The minimum atomic E-state index is -0.734. The third-order valence-electron chi connectivity index (χ3n) is 4.11. The Bertz CT molecular complexity index is 526. The molecule has 0 bridgehead atoms. The summed E-state index contributed by atoms with van der Waals surface area (Å²) in [4.78, 5) is 13.6. The van der Waals surface area contributed by atoms with Gasteiger partial charge in [0, 0.05) is 20.0 Å². The van der Waals surface area contributed by atoms with E-state index in [2.05, 4.69) is 11.8 Å². The summed E-state index contributed by atoms with van der Waals surface area (Å²) in [6.45, 7) is 2.93. The maximum absolute atomic E-state index is 11.5. The van der Waals surface area contributed by atoms with Gasteiger partial charge in [0.15, 0.2) is 0 Å². The van der Waals surface area contributed by atoms with Crippen LogP contribution in [0.2, 0.25) is 0 Å². The molecule has 0 spiro atoms. The molecule has 0 saturated carbocycles. The average molecular weight is 261 g/mol. The monoisotopic (exact) mass is 261 g/mol. The molecule has 4 heteroatoms. The molecule has 1 aromatic rings. The highest BCUT2D eigenvalue weighted by Gasteiger charge is 2.32. The van der Waals surface area contributed by atoms with Crippen molar-refractivity contribution in [1.29, 1.82) is 0 Å². The summed E-state index contributed by atoms with van der Waals surface area (Å²) in [5.74, 6) is -0.243. The van der Waals surface area contributed by atoms with Gasteiger partial charge in [0.1, 0.15) is 11.9 Å². The van der Waals surface area contributed by atoms with Crippen molar-refractivity contribution in [3.8, 4) is 5.75 Å². The van der Waals surface area contributed by atoms with E-state index < -0.39 is 11.9 Å². The fourth-order valence-electron chi connectivity index (χ4n) is 3.20. The summed E-state index contributed by atoms with van der Waals surface area (Å²) in [6, 6.07) is 4.02. The van der Waals surface area contributed by atoms with Crippen molar-refractivity contribution in [3.05, 3.63) is 23.3 Å². The normalized spacial score (nSPS) is 25.3. The first-order chi connectivity index (χ1) is 9.08. The van der Waals surface area contributed by atoms with Crippen molar-refractivity contribution in [1.82, 2.24) is 0 Å². The van der Waals surface area contributed by atoms with Crippen LogP contribution in [0, 0.1) is 0 Å². The van der Waals surface area contributed by atoms with Gasteiger partial charge in [-0.2, -0.15) is 0 Å². The molecule has 2 aliphatic heterocycles. The van der Waals surface area contributed by atoms with Gasteiger partial charge in [0.25, 0.3) is 0 Å². The van der Waals surface area contributed by atoms with Crippen molar-refractivity contribution in [3.63, 3.8) is 0 Å². The van der Waals surface area contributed by atoms with Crippen LogP contribution in [0.5, 0.6) is 5.75 Å². The maximum atomic E-state index is 11.5. The van der Waals surface area contributed by atoms with Crippen LogP contribution < -0.4 is 9.64 Å². The molecule has 3 rings (SSSR count). The van der Waals surface area contributed by atoms with Crippen LogP contribution in [0.3, 0.4) is 0 Å². The highest BCUT2D eigenvalue weighted by molar-refractivity contribution is 5.82. The van der Waals surface area contributed by atoms with E-state index in [9.17, 15) is 9.90 Å². The van der Waals surface area contributed by atoms with Gasteiger partial charge < -0.3 is 14.7 Å². The van der Waals surface area contributed by atoms with Crippen molar-refractivity contribution in [2.24, 2.45) is 0 Å². The summed E-state index contributed by atoms with van der Waals surface area (Å²) in [5.41, 5.74) is 3.09. The number of rotatable bonds is 1. The molecule has 19 heavy (non-hydrogen) atoms. The molecule has 1 aromatic carbocycles. The van der Waals surface area contributed by atoms with E-state index in [1.165, 1.54) is 5.56 Å². The summed E-state index contributed by atoms with van der Waals surface area (Å²) in [7, 11) is 2.02. The summed E-state index contributed by atoms with van der Waals surface area (Å²) in [6.07, 6.45) is 2.68. The number of carboxylic acids is 1. The smallest absolute Gasteiger partial charge is 0.311 e. The van der Waals surface area contributed by atoms with E-state index in [0.29, 0.717) is 6.42 Å². The van der Waals surface area contributed by atoms with E-state index in [-0.39, 0.29) is 6.10 Å². The van der Waals surface area contributed by atoms with Crippen molar-refractivity contribution >= 4 is 11.7 Å². The lowest BCUT2D eigenvalue weighted by Gasteiger charge is -2.23. The molecule has 0 amide bonds. The number of benzene rings is 1. The van der Waals surface area contributed by atoms with Crippen LogP contribution in [-0.4, -0.2) is 30.8 Å². The Kier molecular flexibility index (Phi) is 2.88. The highest BCUT2D eigenvalue weighted by Crippen LogP contribution is 2.45. The van der Waals surface area contributed by atoms with Crippen LogP contribution in [0.25, 0.3) is 0 Å². The van der Waals surface area contributed by atoms with Crippen LogP contribution in [-0.2, 0) is 11.2 Å². The van der Waals surface area contributed by atoms with E-state index in [1.807, 2.05) is 19.2 Å². The van der Waals surface area contributed by atoms with E-state index in [1.54, 1.807) is 0 Å². The van der Waals surface area contributed by atoms with Crippen LogP contribution in [0.1, 0.15) is 36.8 Å². The molecule has 1 N–H and O–H groups in total. The molecule has 2 heterocycles. The summed E-state index contributed by atoms with van der Waals surface area (Å²) >= 11 is 0. The summed E-state index contributed by atoms with van der Waals surface area (Å²) < 4.78 is 5.92. The van der Waals surface area contributed by atoms with Gasteiger partial charge in [-0.25, -0.2) is 0 Å². The number of fused-ring (bicyclic) bond motifs is 3. The minimum absolute atomic E-state index is 0.182. The van der Waals surface area contributed by atoms with Gasteiger partial charge in [-0.3, -0.25) is 4.79 Å². The molecule has 2 atom stereocenters. The molecule has 0 aliphatic carbocycles. The molecule has 4 nitrogen and oxygen atoms in total. The predicted molar refractivity (Wildman–Crippen MR) is 73.1 cm³/mol. The molecule has 2 unspecified atom stereocenters. The zero-order chi connectivity index (χ0) is 13.6. The number of aliphatic carboxylic acids is 1. The number of hydrogen-bond donors (Lipinski definition) is 1. The fourth-order valence-corrected chi connectivity index (χ4v) is 3.20. The maximum Gasteiger partial charge on any atom is 0.311 e. The zero-order valence-electron chi connectivity index (χ0n) is 11.3. The van der Waals surface area contributed by atoms with E-state index in [4.69, 9.17) is 4.74 Å². The topological polar surface area (TPSA) is 49.8 Å². The lowest BCUT2D eigenvalue weighted by atomic mass is 9.92. The third-order valence-corrected chi connectivity index (χ3v) is 4.11. The number of carbonyl (C=O) groups is 1. The van der Waals surface area contributed by atoms with Crippen molar-refractivity contribution in [2.45, 2.75) is 38.2 Å². The van der Waals surface area contributed by atoms with Gasteiger partial charge in [-0.05, 0) is 30.9 Å². The number of hydrogen-bond acceptors (Lipinski definition) is 3. The lowest BCUT2D eigenvalue weighted by Crippen LogP contribution is -2.19. The molecular weight excluding hydrogens is 242 g/mol. The zero-order valence-corrected chi connectivity index (χ0v) is 11.3. The van der Waals surface area contributed by atoms with Crippen LogP contribution in [0.15, 0.2) is 12.1 Å². The second kappa shape index (κ2) is 4.44. The van der Waals surface area contributed by atoms with Gasteiger partial charge in [-0.15, -0.1) is 0 Å². The summed E-state index contributed by atoms with van der Waals surface area (Å²) in [5, 5.41) is 9.44. The average Bonchev–Trinajstić information content (AvgIpc) is 2.63. The largest absolute Gasteiger partial charge is 0.488 e.